The van der Waals surface area contributed by atoms with Crippen molar-refractivity contribution in [1.29, 1.82) is 0 Å². The molecule has 0 saturated heterocycles. The summed E-state index contributed by atoms with van der Waals surface area (Å²) in [7, 11) is 0. The number of rotatable bonds is 4. The highest BCUT2D eigenvalue weighted by atomic mass is 16.1. The molecule has 1 aliphatic rings. The Morgan fingerprint density at radius 3 is 2.60 bits per heavy atom. The van der Waals surface area contributed by atoms with Gasteiger partial charge in [-0.3, -0.25) is 9.78 Å². The Hall–Kier alpha value is -2.23. The molecule has 1 fully saturated rings. The first-order valence-electron chi connectivity index (χ1n) is 6.87. The maximum Gasteiger partial charge on any atom is 0.271 e. The Bertz CT molecular complexity index is 591. The molecule has 2 aromatic rings. The van der Waals surface area contributed by atoms with Crippen molar-refractivity contribution in [2.45, 2.75) is 25.8 Å². The average Bonchev–Trinajstić information content (AvgIpc) is 3.31. The first-order chi connectivity index (χ1) is 9.74. The van der Waals surface area contributed by atoms with E-state index in [9.17, 15) is 4.79 Å². The largest absolute Gasteiger partial charge is 0.344 e. The van der Waals surface area contributed by atoms with Gasteiger partial charge in [0.1, 0.15) is 5.69 Å². The van der Waals surface area contributed by atoms with E-state index in [1.807, 2.05) is 0 Å². The van der Waals surface area contributed by atoms with Gasteiger partial charge in [0.2, 0.25) is 0 Å². The van der Waals surface area contributed by atoms with E-state index in [1.54, 1.807) is 6.20 Å². The summed E-state index contributed by atoms with van der Waals surface area (Å²) in [5.41, 5.74) is 2.75. The molecule has 4 nitrogen and oxygen atoms in total. The Balaban J connectivity index is 1.78. The number of aromatic nitrogens is 2. The molecule has 1 amide bonds. The molecule has 1 aromatic heterocycles. The van der Waals surface area contributed by atoms with Crippen LogP contribution < -0.4 is 5.32 Å². The van der Waals surface area contributed by atoms with E-state index in [0.717, 1.165) is 5.56 Å². The third-order valence-electron chi connectivity index (χ3n) is 3.61. The van der Waals surface area contributed by atoms with Crippen molar-refractivity contribution in [3.05, 3.63) is 59.7 Å². The zero-order valence-corrected chi connectivity index (χ0v) is 11.4. The summed E-state index contributed by atoms with van der Waals surface area (Å²) in [5, 5.41) is 3.09. The van der Waals surface area contributed by atoms with E-state index >= 15 is 0 Å². The summed E-state index contributed by atoms with van der Waals surface area (Å²) < 4.78 is 0. The van der Waals surface area contributed by atoms with Crippen molar-refractivity contribution in [3.63, 3.8) is 0 Å². The minimum atomic E-state index is -0.157. The van der Waals surface area contributed by atoms with E-state index in [0.29, 0.717) is 11.6 Å². The van der Waals surface area contributed by atoms with Gasteiger partial charge in [0.15, 0.2) is 0 Å². The van der Waals surface area contributed by atoms with Gasteiger partial charge in [0.25, 0.3) is 5.91 Å². The Kier molecular flexibility index (Phi) is 3.46. The molecule has 1 atom stereocenters. The van der Waals surface area contributed by atoms with Crippen LogP contribution in [-0.4, -0.2) is 15.9 Å². The van der Waals surface area contributed by atoms with E-state index in [2.05, 4.69) is 46.5 Å². The molecule has 20 heavy (non-hydrogen) atoms. The van der Waals surface area contributed by atoms with Crippen LogP contribution in [0.2, 0.25) is 0 Å². The van der Waals surface area contributed by atoms with Gasteiger partial charge in [-0.15, -0.1) is 0 Å². The summed E-state index contributed by atoms with van der Waals surface area (Å²) in [4.78, 5) is 20.2. The maximum absolute atomic E-state index is 12.2. The van der Waals surface area contributed by atoms with Crippen LogP contribution in [0.4, 0.5) is 0 Å². The quantitative estimate of drug-likeness (QED) is 0.926. The fourth-order valence-corrected chi connectivity index (χ4v) is 2.31. The standard InChI is InChI=1S/C16H17N3O/c1-11-2-4-12(5-3-11)15(13-6-7-13)19-16(20)14-10-17-8-9-18-14/h2-5,8-10,13,15H,6-7H2,1H3,(H,19,20)/t15-/m0/s1. The number of amides is 1. The number of hydrogen-bond acceptors (Lipinski definition) is 3. The minimum Gasteiger partial charge on any atom is -0.344 e. The molecular weight excluding hydrogens is 250 g/mol. The lowest BCUT2D eigenvalue weighted by Gasteiger charge is -2.18. The molecule has 0 spiro atoms. The van der Waals surface area contributed by atoms with Crippen molar-refractivity contribution >= 4 is 5.91 Å². The number of aryl methyl sites for hydroxylation is 1. The van der Waals surface area contributed by atoms with Crippen LogP contribution in [0.5, 0.6) is 0 Å². The van der Waals surface area contributed by atoms with Gasteiger partial charge in [-0.2, -0.15) is 0 Å². The second-order valence-corrected chi connectivity index (χ2v) is 5.29. The van der Waals surface area contributed by atoms with Crippen LogP contribution in [0.3, 0.4) is 0 Å². The van der Waals surface area contributed by atoms with Crippen molar-refractivity contribution in [1.82, 2.24) is 15.3 Å². The molecule has 0 aliphatic heterocycles. The highest BCUT2D eigenvalue weighted by Gasteiger charge is 2.33. The monoisotopic (exact) mass is 267 g/mol. The lowest BCUT2D eigenvalue weighted by molar-refractivity contribution is 0.0926. The molecule has 102 valence electrons. The first-order valence-corrected chi connectivity index (χ1v) is 6.87. The van der Waals surface area contributed by atoms with Crippen LogP contribution >= 0.6 is 0 Å². The SMILES string of the molecule is Cc1ccc([C@H](NC(=O)c2cnccn2)C2CC2)cc1. The summed E-state index contributed by atoms with van der Waals surface area (Å²) >= 11 is 0. The molecule has 4 heteroatoms. The van der Waals surface area contributed by atoms with E-state index in [4.69, 9.17) is 0 Å². The van der Waals surface area contributed by atoms with Gasteiger partial charge < -0.3 is 5.32 Å². The van der Waals surface area contributed by atoms with Crippen molar-refractivity contribution in [2.75, 3.05) is 0 Å². The predicted octanol–water partition coefficient (Wildman–Crippen LogP) is 2.67. The van der Waals surface area contributed by atoms with Crippen LogP contribution in [0.25, 0.3) is 0 Å². The molecule has 3 rings (SSSR count). The summed E-state index contributed by atoms with van der Waals surface area (Å²) in [6.07, 6.45) is 6.93. The topological polar surface area (TPSA) is 54.9 Å². The zero-order chi connectivity index (χ0) is 13.9. The normalized spacial score (nSPS) is 15.7. The molecule has 1 N–H and O–H groups in total. The summed E-state index contributed by atoms with van der Waals surface area (Å²) in [6, 6.07) is 8.42. The highest BCUT2D eigenvalue weighted by molar-refractivity contribution is 5.92. The van der Waals surface area contributed by atoms with Crippen LogP contribution in [0, 0.1) is 12.8 Å². The van der Waals surface area contributed by atoms with Gasteiger partial charge in [-0.1, -0.05) is 29.8 Å². The number of carbonyl (C=O) groups is 1. The number of carbonyl (C=O) groups excluding carboxylic acids is 1. The third kappa shape index (κ3) is 2.85. The molecule has 1 heterocycles. The third-order valence-corrected chi connectivity index (χ3v) is 3.61. The van der Waals surface area contributed by atoms with E-state index < -0.39 is 0 Å². The van der Waals surface area contributed by atoms with Gasteiger partial charge in [0, 0.05) is 12.4 Å². The fraction of sp³-hybridized carbons (Fsp3) is 0.312. The second kappa shape index (κ2) is 5.41. The lowest BCUT2D eigenvalue weighted by Crippen LogP contribution is -2.30. The Morgan fingerprint density at radius 2 is 2.00 bits per heavy atom. The van der Waals surface area contributed by atoms with Gasteiger partial charge in [0.05, 0.1) is 12.2 Å². The van der Waals surface area contributed by atoms with E-state index in [1.165, 1.54) is 30.8 Å². The molecule has 1 aromatic carbocycles. The average molecular weight is 267 g/mol. The van der Waals surface area contributed by atoms with Gasteiger partial charge >= 0.3 is 0 Å². The van der Waals surface area contributed by atoms with Crippen LogP contribution in [-0.2, 0) is 0 Å². The molecule has 1 saturated carbocycles. The number of nitrogens with one attached hydrogen (secondary N) is 1. The Labute approximate surface area is 118 Å². The zero-order valence-electron chi connectivity index (χ0n) is 11.4. The van der Waals surface area contributed by atoms with Gasteiger partial charge in [-0.25, -0.2) is 4.98 Å². The molecule has 0 radical (unpaired) electrons. The van der Waals surface area contributed by atoms with Crippen LogP contribution in [0.15, 0.2) is 42.9 Å². The minimum absolute atomic E-state index is 0.0742. The molecule has 0 unspecified atom stereocenters. The summed E-state index contributed by atoms with van der Waals surface area (Å²) in [5.74, 6) is 0.383. The predicted molar refractivity (Wildman–Crippen MR) is 76.1 cm³/mol. The second-order valence-electron chi connectivity index (χ2n) is 5.29. The van der Waals surface area contributed by atoms with E-state index in [-0.39, 0.29) is 11.9 Å². The van der Waals surface area contributed by atoms with Crippen molar-refractivity contribution in [3.8, 4) is 0 Å². The number of nitrogens with zero attached hydrogens (tertiary/aromatic N) is 2. The maximum atomic E-state index is 12.2. The molecule has 1 aliphatic carbocycles. The van der Waals surface area contributed by atoms with Crippen molar-refractivity contribution in [2.24, 2.45) is 5.92 Å². The first kappa shape index (κ1) is 12.8. The van der Waals surface area contributed by atoms with Crippen LogP contribution in [0.1, 0.15) is 40.5 Å². The lowest BCUT2D eigenvalue weighted by atomic mass is 10.0. The van der Waals surface area contributed by atoms with Crippen molar-refractivity contribution < 1.29 is 4.79 Å². The molecule has 0 bridgehead atoms. The smallest absolute Gasteiger partial charge is 0.271 e. The number of hydrogen-bond donors (Lipinski definition) is 1. The fourth-order valence-electron chi connectivity index (χ4n) is 2.31. The van der Waals surface area contributed by atoms with Gasteiger partial charge in [-0.05, 0) is 31.2 Å². The molecular formula is C16H17N3O. The highest BCUT2D eigenvalue weighted by Crippen LogP contribution is 2.41. The Morgan fingerprint density at radius 1 is 1.25 bits per heavy atom. The summed E-state index contributed by atoms with van der Waals surface area (Å²) in [6.45, 7) is 2.06. The number of benzene rings is 1.